The van der Waals surface area contributed by atoms with E-state index in [1.165, 1.54) is 0 Å². The zero-order valence-corrected chi connectivity index (χ0v) is 18.4. The molecule has 1 saturated heterocycles. The maximum atomic E-state index is 13.1. The van der Waals surface area contributed by atoms with Crippen LogP contribution in [0.5, 0.6) is 0 Å². The zero-order chi connectivity index (χ0) is 22.0. The number of fused-ring (bicyclic) bond motifs is 1. The van der Waals surface area contributed by atoms with Gasteiger partial charge in [-0.3, -0.25) is 4.79 Å². The number of likely N-dealkylation sites (tertiary alicyclic amines) is 1. The SMILES string of the molecule is CC(NC(=O)N1CCC[C@@H]1C(=O)N(C)Cc1ccc(Cl)cc1)c1cc2ccccc2o1. The summed E-state index contributed by atoms with van der Waals surface area (Å²) in [5.41, 5.74) is 1.78. The number of rotatable bonds is 5. The zero-order valence-electron chi connectivity index (χ0n) is 17.7. The highest BCUT2D eigenvalue weighted by molar-refractivity contribution is 6.30. The Balaban J connectivity index is 1.40. The fourth-order valence-corrected chi connectivity index (χ4v) is 4.14. The molecule has 1 fully saturated rings. The van der Waals surface area contributed by atoms with E-state index in [-0.39, 0.29) is 18.0 Å². The van der Waals surface area contributed by atoms with Crippen LogP contribution in [0.2, 0.25) is 5.02 Å². The van der Waals surface area contributed by atoms with Gasteiger partial charge in [0.25, 0.3) is 0 Å². The molecule has 162 valence electrons. The summed E-state index contributed by atoms with van der Waals surface area (Å²) in [7, 11) is 1.77. The summed E-state index contributed by atoms with van der Waals surface area (Å²) in [4.78, 5) is 29.3. The molecule has 1 aliphatic rings. The first-order valence-electron chi connectivity index (χ1n) is 10.5. The largest absolute Gasteiger partial charge is 0.459 e. The first kappa shape index (κ1) is 21.2. The second kappa shape index (κ2) is 9.02. The molecule has 1 aliphatic heterocycles. The van der Waals surface area contributed by atoms with E-state index in [0.29, 0.717) is 30.3 Å². The maximum Gasteiger partial charge on any atom is 0.318 e. The molecule has 1 N–H and O–H groups in total. The average Bonchev–Trinajstić information content (AvgIpc) is 3.42. The Morgan fingerprint density at radius 1 is 1.23 bits per heavy atom. The lowest BCUT2D eigenvalue weighted by atomic mass is 10.1. The number of urea groups is 1. The van der Waals surface area contributed by atoms with E-state index in [0.717, 1.165) is 23.0 Å². The molecule has 3 amide bonds. The van der Waals surface area contributed by atoms with Crippen molar-refractivity contribution >= 4 is 34.5 Å². The Morgan fingerprint density at radius 2 is 1.97 bits per heavy atom. The van der Waals surface area contributed by atoms with Crippen molar-refractivity contribution in [2.24, 2.45) is 0 Å². The topological polar surface area (TPSA) is 65.8 Å². The minimum Gasteiger partial charge on any atom is -0.459 e. The smallest absolute Gasteiger partial charge is 0.318 e. The third-order valence-electron chi connectivity index (χ3n) is 5.72. The normalized spacial score (nSPS) is 17.0. The monoisotopic (exact) mass is 439 g/mol. The molecule has 0 aliphatic carbocycles. The van der Waals surface area contributed by atoms with Crippen LogP contribution in [0.4, 0.5) is 4.79 Å². The molecule has 4 rings (SSSR count). The summed E-state index contributed by atoms with van der Waals surface area (Å²) in [6.45, 7) is 2.91. The molecule has 2 aromatic carbocycles. The quantitative estimate of drug-likeness (QED) is 0.609. The number of hydrogen-bond donors (Lipinski definition) is 1. The number of hydrogen-bond acceptors (Lipinski definition) is 3. The molecule has 0 radical (unpaired) electrons. The van der Waals surface area contributed by atoms with Crippen LogP contribution in [-0.2, 0) is 11.3 Å². The number of amides is 3. The van der Waals surface area contributed by atoms with E-state index in [2.05, 4.69) is 5.32 Å². The maximum absolute atomic E-state index is 13.1. The van der Waals surface area contributed by atoms with Crippen LogP contribution in [-0.4, -0.2) is 41.4 Å². The van der Waals surface area contributed by atoms with Crippen LogP contribution >= 0.6 is 11.6 Å². The highest BCUT2D eigenvalue weighted by atomic mass is 35.5. The number of carbonyl (C=O) groups is 2. The Morgan fingerprint density at radius 3 is 2.71 bits per heavy atom. The standard InChI is InChI=1S/C24H26ClN3O3/c1-16(22-14-18-6-3-4-8-21(18)31-22)26-24(30)28-13-5-7-20(28)23(29)27(2)15-17-9-11-19(25)12-10-17/h3-4,6,8-12,14,16,20H,5,7,13,15H2,1-2H3,(H,26,30)/t16?,20-/m1/s1. The van der Waals surface area contributed by atoms with Gasteiger partial charge in [0.05, 0.1) is 6.04 Å². The van der Waals surface area contributed by atoms with Crippen LogP contribution in [0.15, 0.2) is 59.0 Å². The molecule has 1 unspecified atom stereocenters. The number of para-hydroxylation sites is 1. The first-order valence-corrected chi connectivity index (χ1v) is 10.8. The number of halogens is 1. The van der Waals surface area contributed by atoms with Gasteiger partial charge >= 0.3 is 6.03 Å². The highest BCUT2D eigenvalue weighted by Gasteiger charge is 2.36. The lowest BCUT2D eigenvalue weighted by Gasteiger charge is -2.29. The molecule has 2 atom stereocenters. The van der Waals surface area contributed by atoms with E-state index in [9.17, 15) is 9.59 Å². The van der Waals surface area contributed by atoms with Gasteiger partial charge in [0.2, 0.25) is 5.91 Å². The molecule has 0 bridgehead atoms. The summed E-state index contributed by atoms with van der Waals surface area (Å²) in [5, 5.41) is 4.65. The number of carbonyl (C=O) groups excluding carboxylic acids is 2. The minimum absolute atomic E-state index is 0.0565. The highest BCUT2D eigenvalue weighted by Crippen LogP contribution is 2.25. The Bertz CT molecular complexity index is 1050. The summed E-state index contributed by atoms with van der Waals surface area (Å²) in [6.07, 6.45) is 1.47. The van der Waals surface area contributed by atoms with Gasteiger partial charge in [0, 0.05) is 30.5 Å². The van der Waals surface area contributed by atoms with E-state index in [4.69, 9.17) is 16.0 Å². The van der Waals surface area contributed by atoms with Gasteiger partial charge in [-0.1, -0.05) is 41.9 Å². The van der Waals surface area contributed by atoms with Gasteiger partial charge in [-0.25, -0.2) is 4.79 Å². The molecule has 3 aromatic rings. The van der Waals surface area contributed by atoms with Crippen molar-refractivity contribution in [3.8, 4) is 0 Å². The summed E-state index contributed by atoms with van der Waals surface area (Å²) >= 11 is 5.94. The van der Waals surface area contributed by atoms with Gasteiger partial charge in [0.15, 0.2) is 0 Å². The second-order valence-corrected chi connectivity index (χ2v) is 8.47. The predicted octanol–water partition coefficient (Wildman–Crippen LogP) is 4.98. The number of furan rings is 1. The van der Waals surface area contributed by atoms with Crippen molar-refractivity contribution in [3.05, 3.63) is 70.9 Å². The molecule has 0 spiro atoms. The van der Waals surface area contributed by atoms with Crippen LogP contribution in [0.25, 0.3) is 11.0 Å². The van der Waals surface area contributed by atoms with E-state index < -0.39 is 6.04 Å². The third-order valence-corrected chi connectivity index (χ3v) is 5.97. The van der Waals surface area contributed by atoms with Gasteiger partial charge in [0.1, 0.15) is 17.4 Å². The van der Waals surface area contributed by atoms with Gasteiger partial charge in [-0.05, 0) is 49.6 Å². The number of nitrogens with zero attached hydrogens (tertiary/aromatic N) is 2. The van der Waals surface area contributed by atoms with Crippen molar-refractivity contribution in [3.63, 3.8) is 0 Å². The average molecular weight is 440 g/mol. The van der Waals surface area contributed by atoms with Gasteiger partial charge in [-0.2, -0.15) is 0 Å². The van der Waals surface area contributed by atoms with E-state index in [1.807, 2.05) is 61.5 Å². The van der Waals surface area contributed by atoms with Crippen molar-refractivity contribution in [1.29, 1.82) is 0 Å². The number of likely N-dealkylation sites (N-methyl/N-ethyl adjacent to an activating group) is 1. The molecule has 1 aromatic heterocycles. The minimum atomic E-state index is -0.458. The van der Waals surface area contributed by atoms with Crippen LogP contribution in [0.3, 0.4) is 0 Å². The fraction of sp³-hybridized carbons (Fsp3) is 0.333. The van der Waals surface area contributed by atoms with Crippen LogP contribution in [0, 0.1) is 0 Å². The first-order chi connectivity index (χ1) is 14.9. The second-order valence-electron chi connectivity index (χ2n) is 8.03. The Hall–Kier alpha value is -2.99. The third kappa shape index (κ3) is 4.69. The van der Waals surface area contributed by atoms with E-state index in [1.54, 1.807) is 16.8 Å². The Kier molecular flexibility index (Phi) is 6.18. The van der Waals surface area contributed by atoms with Crippen LogP contribution < -0.4 is 5.32 Å². The van der Waals surface area contributed by atoms with Crippen LogP contribution in [0.1, 0.15) is 37.1 Å². The van der Waals surface area contributed by atoms with Crippen molar-refractivity contribution in [2.75, 3.05) is 13.6 Å². The molecule has 31 heavy (non-hydrogen) atoms. The summed E-state index contributed by atoms with van der Waals surface area (Å²) < 4.78 is 5.86. The summed E-state index contributed by atoms with van der Waals surface area (Å²) in [6, 6.07) is 16.1. The van der Waals surface area contributed by atoms with E-state index >= 15 is 0 Å². The molecule has 7 heteroatoms. The number of nitrogens with one attached hydrogen (secondary N) is 1. The van der Waals surface area contributed by atoms with Crippen molar-refractivity contribution in [2.45, 2.75) is 38.4 Å². The lowest BCUT2D eigenvalue weighted by Crippen LogP contribution is -2.50. The fourth-order valence-electron chi connectivity index (χ4n) is 4.02. The van der Waals surface area contributed by atoms with Gasteiger partial charge < -0.3 is 19.5 Å². The molecule has 6 nitrogen and oxygen atoms in total. The number of benzene rings is 2. The molecular formula is C24H26ClN3O3. The van der Waals surface area contributed by atoms with Crippen molar-refractivity contribution in [1.82, 2.24) is 15.1 Å². The van der Waals surface area contributed by atoms with Gasteiger partial charge in [-0.15, -0.1) is 0 Å². The molecular weight excluding hydrogens is 414 g/mol. The van der Waals surface area contributed by atoms with Crippen molar-refractivity contribution < 1.29 is 14.0 Å². The summed E-state index contributed by atoms with van der Waals surface area (Å²) in [5.74, 6) is 0.635. The predicted molar refractivity (Wildman–Crippen MR) is 121 cm³/mol. The molecule has 0 saturated carbocycles. The lowest BCUT2D eigenvalue weighted by molar-refractivity contribution is -0.134. The Labute approximate surface area is 186 Å². The molecule has 2 heterocycles.